The first-order valence-electron chi connectivity index (χ1n) is 7.82. The minimum absolute atomic E-state index is 0.0138. The van der Waals surface area contributed by atoms with Gasteiger partial charge in [0, 0.05) is 31.8 Å². The van der Waals surface area contributed by atoms with Crippen LogP contribution in [0.4, 0.5) is 20.6 Å². The van der Waals surface area contributed by atoms with Gasteiger partial charge < -0.3 is 21.3 Å². The zero-order chi connectivity index (χ0) is 19.1. The van der Waals surface area contributed by atoms with Gasteiger partial charge in [0.25, 0.3) is 5.91 Å². The number of amides is 4. The van der Waals surface area contributed by atoms with E-state index >= 15 is 0 Å². The first-order valence-corrected chi connectivity index (χ1v) is 7.82. The first kappa shape index (κ1) is 18.9. The summed E-state index contributed by atoms with van der Waals surface area (Å²) < 4.78 is 13.6. The van der Waals surface area contributed by atoms with Crippen LogP contribution in [0.5, 0.6) is 0 Å². The van der Waals surface area contributed by atoms with Crippen LogP contribution in [-0.4, -0.2) is 24.9 Å². The van der Waals surface area contributed by atoms with Crippen LogP contribution in [0, 0.1) is 5.82 Å². The van der Waals surface area contributed by atoms with E-state index in [0.717, 1.165) is 11.6 Å². The Morgan fingerprint density at radius 3 is 2.31 bits per heavy atom. The predicted octanol–water partition coefficient (Wildman–Crippen LogP) is 2.47. The summed E-state index contributed by atoms with van der Waals surface area (Å²) in [7, 11) is 1.55. The van der Waals surface area contributed by atoms with Crippen LogP contribution in [-0.2, 0) is 11.3 Å². The van der Waals surface area contributed by atoms with Gasteiger partial charge in [0.15, 0.2) is 0 Å². The molecule has 0 saturated heterocycles. The molecule has 0 unspecified atom stereocenters. The van der Waals surface area contributed by atoms with E-state index in [1.54, 1.807) is 31.3 Å². The molecule has 26 heavy (non-hydrogen) atoms. The number of carbonyl (C=O) groups excluding carboxylic acids is 3. The molecule has 0 aliphatic heterocycles. The van der Waals surface area contributed by atoms with Crippen LogP contribution < -0.4 is 21.3 Å². The minimum atomic E-state index is -0.595. The van der Waals surface area contributed by atoms with Crippen molar-refractivity contribution in [1.29, 1.82) is 0 Å². The summed E-state index contributed by atoms with van der Waals surface area (Å²) in [5.41, 5.74) is 1.66. The van der Waals surface area contributed by atoms with E-state index in [9.17, 15) is 18.8 Å². The lowest BCUT2D eigenvalue weighted by molar-refractivity contribution is -0.114. The summed E-state index contributed by atoms with van der Waals surface area (Å²) >= 11 is 0. The summed E-state index contributed by atoms with van der Waals surface area (Å²) in [6, 6.07) is 10.2. The van der Waals surface area contributed by atoms with Gasteiger partial charge in [-0.05, 0) is 35.9 Å². The summed E-state index contributed by atoms with van der Waals surface area (Å²) in [5, 5.41) is 10.1. The third-order valence-electron chi connectivity index (χ3n) is 3.43. The van der Waals surface area contributed by atoms with Gasteiger partial charge in [-0.15, -0.1) is 0 Å². The summed E-state index contributed by atoms with van der Waals surface area (Å²) in [6.07, 6.45) is 0. The molecule has 0 bridgehead atoms. The predicted molar refractivity (Wildman–Crippen MR) is 96.4 cm³/mol. The Kier molecular flexibility index (Phi) is 6.26. The minimum Gasteiger partial charge on any atom is -0.355 e. The topological polar surface area (TPSA) is 99.3 Å². The van der Waals surface area contributed by atoms with Crippen LogP contribution in [0.3, 0.4) is 0 Å². The third-order valence-corrected chi connectivity index (χ3v) is 3.43. The largest absolute Gasteiger partial charge is 0.355 e. The molecule has 0 fully saturated rings. The lowest BCUT2D eigenvalue weighted by atomic mass is 10.1. The van der Waals surface area contributed by atoms with Crippen molar-refractivity contribution in [3.8, 4) is 0 Å². The molecule has 4 amide bonds. The van der Waals surface area contributed by atoms with Crippen molar-refractivity contribution in [3.05, 3.63) is 59.4 Å². The number of hydrogen-bond donors (Lipinski definition) is 4. The zero-order valence-corrected chi connectivity index (χ0v) is 14.4. The molecule has 0 atom stereocenters. The second-order valence-corrected chi connectivity index (χ2v) is 5.46. The van der Waals surface area contributed by atoms with E-state index in [4.69, 9.17) is 0 Å². The Morgan fingerprint density at radius 2 is 1.69 bits per heavy atom. The van der Waals surface area contributed by atoms with Crippen LogP contribution in [0.25, 0.3) is 0 Å². The van der Waals surface area contributed by atoms with Crippen molar-refractivity contribution in [2.75, 3.05) is 17.7 Å². The van der Waals surface area contributed by atoms with Crippen molar-refractivity contribution in [2.45, 2.75) is 13.5 Å². The van der Waals surface area contributed by atoms with Crippen LogP contribution in [0.2, 0.25) is 0 Å². The molecule has 8 heteroatoms. The van der Waals surface area contributed by atoms with Crippen LogP contribution in [0.15, 0.2) is 42.5 Å². The lowest BCUT2D eigenvalue weighted by Crippen LogP contribution is -2.28. The number of carbonyl (C=O) groups is 3. The van der Waals surface area contributed by atoms with Crippen molar-refractivity contribution in [1.82, 2.24) is 10.6 Å². The van der Waals surface area contributed by atoms with E-state index in [1.807, 2.05) is 0 Å². The molecule has 2 rings (SSSR count). The Bertz CT molecular complexity index is 822. The van der Waals surface area contributed by atoms with Gasteiger partial charge in [-0.3, -0.25) is 9.59 Å². The highest BCUT2D eigenvalue weighted by molar-refractivity contribution is 5.94. The van der Waals surface area contributed by atoms with E-state index in [2.05, 4.69) is 21.3 Å². The fraction of sp³-hybridized carbons (Fsp3) is 0.167. The quantitative estimate of drug-likeness (QED) is 0.661. The fourth-order valence-electron chi connectivity index (χ4n) is 2.16. The van der Waals surface area contributed by atoms with Crippen molar-refractivity contribution in [3.63, 3.8) is 0 Å². The number of rotatable bonds is 5. The van der Waals surface area contributed by atoms with Crippen LogP contribution >= 0.6 is 0 Å². The van der Waals surface area contributed by atoms with Gasteiger partial charge in [-0.25, -0.2) is 9.18 Å². The lowest BCUT2D eigenvalue weighted by Gasteiger charge is -2.10. The van der Waals surface area contributed by atoms with Crippen molar-refractivity contribution in [2.24, 2.45) is 0 Å². The van der Waals surface area contributed by atoms with Crippen molar-refractivity contribution < 1.29 is 18.8 Å². The summed E-state index contributed by atoms with van der Waals surface area (Å²) in [5.74, 6) is -1.19. The maximum Gasteiger partial charge on any atom is 0.319 e. The van der Waals surface area contributed by atoms with Gasteiger partial charge in [0.2, 0.25) is 5.91 Å². The molecule has 0 radical (unpaired) electrons. The average Bonchev–Trinajstić information content (AvgIpc) is 2.62. The van der Waals surface area contributed by atoms with E-state index in [0.29, 0.717) is 11.3 Å². The second-order valence-electron chi connectivity index (χ2n) is 5.46. The number of hydrogen-bond acceptors (Lipinski definition) is 3. The highest BCUT2D eigenvalue weighted by Gasteiger charge is 2.08. The maximum atomic E-state index is 13.6. The molecule has 136 valence electrons. The average molecular weight is 358 g/mol. The molecule has 0 aromatic heterocycles. The Labute approximate surface area is 150 Å². The van der Waals surface area contributed by atoms with Gasteiger partial charge in [0.05, 0.1) is 5.69 Å². The number of nitrogens with one attached hydrogen (secondary N) is 4. The van der Waals surface area contributed by atoms with Gasteiger partial charge in [-0.2, -0.15) is 0 Å². The molecule has 2 aromatic carbocycles. The normalized spacial score (nSPS) is 9.96. The van der Waals surface area contributed by atoms with E-state index < -0.39 is 17.8 Å². The Morgan fingerprint density at radius 1 is 1.00 bits per heavy atom. The smallest absolute Gasteiger partial charge is 0.319 e. The van der Waals surface area contributed by atoms with E-state index in [-0.39, 0.29) is 18.1 Å². The van der Waals surface area contributed by atoms with E-state index in [1.165, 1.54) is 19.1 Å². The molecular weight excluding hydrogens is 339 g/mol. The number of halogens is 1. The highest BCUT2D eigenvalue weighted by atomic mass is 19.1. The third kappa shape index (κ3) is 5.30. The second kappa shape index (κ2) is 8.61. The first-order chi connectivity index (χ1) is 12.4. The Hall–Kier alpha value is -3.42. The zero-order valence-electron chi connectivity index (χ0n) is 14.4. The number of anilines is 2. The van der Waals surface area contributed by atoms with Gasteiger partial charge in [0.1, 0.15) is 5.82 Å². The molecule has 7 nitrogen and oxygen atoms in total. The Balaban J connectivity index is 1.92. The van der Waals surface area contributed by atoms with Gasteiger partial charge in [-0.1, -0.05) is 12.1 Å². The SMILES string of the molecule is CNC(=O)c1ccc(CNC(=O)Nc2ccc(F)c(NC(C)=O)c2)cc1. The monoisotopic (exact) mass is 358 g/mol. The standard InChI is InChI=1S/C18H19FN4O3/c1-11(24)22-16-9-14(7-8-15(16)19)23-18(26)21-10-12-3-5-13(6-4-12)17(25)20-2/h3-9H,10H2,1-2H3,(H,20,25)(H,22,24)(H2,21,23,26). The van der Waals surface area contributed by atoms with Crippen molar-refractivity contribution >= 4 is 29.2 Å². The molecule has 0 saturated carbocycles. The summed E-state index contributed by atoms with van der Waals surface area (Å²) in [4.78, 5) is 34.5. The van der Waals surface area contributed by atoms with Gasteiger partial charge >= 0.3 is 6.03 Å². The number of urea groups is 1. The molecule has 4 N–H and O–H groups in total. The molecular formula is C18H19FN4O3. The molecule has 0 heterocycles. The highest BCUT2D eigenvalue weighted by Crippen LogP contribution is 2.19. The van der Waals surface area contributed by atoms with Crippen LogP contribution in [0.1, 0.15) is 22.8 Å². The molecule has 0 aliphatic carbocycles. The number of benzene rings is 2. The maximum absolute atomic E-state index is 13.6. The molecule has 0 spiro atoms. The summed E-state index contributed by atoms with van der Waals surface area (Å²) in [6.45, 7) is 1.52. The molecule has 0 aliphatic rings. The molecule has 2 aromatic rings. The fourth-order valence-corrected chi connectivity index (χ4v) is 2.16.